The third kappa shape index (κ3) is 1.78. The molecule has 1 N–H and O–H groups in total. The van der Waals surface area contributed by atoms with Crippen molar-refractivity contribution in [1.82, 2.24) is 0 Å². The van der Waals surface area contributed by atoms with Crippen molar-refractivity contribution in [3.63, 3.8) is 0 Å². The summed E-state index contributed by atoms with van der Waals surface area (Å²) in [7, 11) is 0. The van der Waals surface area contributed by atoms with Crippen LogP contribution in [0.5, 0.6) is 5.75 Å². The number of hydrogen-bond acceptors (Lipinski definition) is 3. The van der Waals surface area contributed by atoms with Gasteiger partial charge in [0.15, 0.2) is 0 Å². The Hall–Kier alpha value is -1.81. The van der Waals surface area contributed by atoms with Gasteiger partial charge in [0.05, 0.1) is 0 Å². The Bertz CT molecular complexity index is 615. The molecule has 0 aliphatic carbocycles. The lowest BCUT2D eigenvalue weighted by Crippen LogP contribution is -2.05. The third-order valence-electron chi connectivity index (χ3n) is 3.07. The van der Waals surface area contributed by atoms with Crippen molar-refractivity contribution in [3.8, 4) is 16.9 Å². The second kappa shape index (κ2) is 4.14. The lowest BCUT2D eigenvalue weighted by molar-refractivity contribution is 0.0703. The largest absolute Gasteiger partial charge is 0.490 e. The first-order valence-corrected chi connectivity index (χ1v) is 6.64. The van der Waals surface area contributed by atoms with E-state index >= 15 is 0 Å². The zero-order valence-corrected chi connectivity index (χ0v) is 10.7. The Morgan fingerprint density at radius 3 is 3.06 bits per heavy atom. The van der Waals surface area contributed by atoms with Gasteiger partial charge in [0.25, 0.3) is 0 Å². The highest BCUT2D eigenvalue weighted by Gasteiger charge is 2.20. The van der Waals surface area contributed by atoms with Crippen LogP contribution in [0.4, 0.5) is 0 Å². The minimum absolute atomic E-state index is 0.205. The molecule has 3 nitrogen and oxygen atoms in total. The predicted molar refractivity (Wildman–Crippen MR) is 70.5 cm³/mol. The zero-order valence-electron chi connectivity index (χ0n) is 9.84. The average Bonchev–Trinajstić information content (AvgIpc) is 2.91. The van der Waals surface area contributed by atoms with Crippen molar-refractivity contribution in [1.29, 1.82) is 0 Å². The molecular formula is C14H12O3S. The van der Waals surface area contributed by atoms with Gasteiger partial charge in [-0.25, -0.2) is 4.79 Å². The maximum absolute atomic E-state index is 11.1. The minimum Gasteiger partial charge on any atom is -0.490 e. The smallest absolute Gasteiger partial charge is 0.346 e. The molecule has 0 saturated heterocycles. The third-order valence-corrected chi connectivity index (χ3v) is 3.97. The van der Waals surface area contributed by atoms with E-state index in [1.165, 1.54) is 11.3 Å². The number of rotatable bonds is 2. The molecule has 0 saturated carbocycles. The van der Waals surface area contributed by atoms with Crippen LogP contribution in [0.15, 0.2) is 29.6 Å². The van der Waals surface area contributed by atoms with Crippen LogP contribution in [-0.4, -0.2) is 17.2 Å². The summed E-state index contributed by atoms with van der Waals surface area (Å²) in [6.45, 7) is 2.03. The SMILES string of the molecule is CC1Cc2cc(-c3ccsc3C(=O)O)ccc2O1. The lowest BCUT2D eigenvalue weighted by atomic mass is 10.0. The van der Waals surface area contributed by atoms with Gasteiger partial charge in [-0.2, -0.15) is 0 Å². The highest BCUT2D eigenvalue weighted by atomic mass is 32.1. The molecule has 92 valence electrons. The highest BCUT2D eigenvalue weighted by Crippen LogP contribution is 2.35. The second-order valence-corrected chi connectivity index (χ2v) is 5.34. The molecule has 3 rings (SSSR count). The van der Waals surface area contributed by atoms with Gasteiger partial charge in [-0.1, -0.05) is 6.07 Å². The van der Waals surface area contributed by atoms with Gasteiger partial charge < -0.3 is 9.84 Å². The van der Waals surface area contributed by atoms with Crippen LogP contribution in [0.25, 0.3) is 11.1 Å². The van der Waals surface area contributed by atoms with Crippen molar-refractivity contribution in [2.75, 3.05) is 0 Å². The van der Waals surface area contributed by atoms with Crippen LogP contribution in [0.2, 0.25) is 0 Å². The molecule has 0 fully saturated rings. The van der Waals surface area contributed by atoms with E-state index in [0.717, 1.165) is 28.9 Å². The Labute approximate surface area is 109 Å². The Morgan fingerprint density at radius 2 is 2.28 bits per heavy atom. The van der Waals surface area contributed by atoms with E-state index in [9.17, 15) is 4.79 Å². The molecule has 2 aromatic rings. The van der Waals surface area contributed by atoms with Gasteiger partial charge in [0.2, 0.25) is 0 Å². The van der Waals surface area contributed by atoms with Gasteiger partial charge in [-0.05, 0) is 41.6 Å². The summed E-state index contributed by atoms with van der Waals surface area (Å²) < 4.78 is 5.64. The molecule has 2 heterocycles. The van der Waals surface area contributed by atoms with Crippen LogP contribution < -0.4 is 4.74 Å². The summed E-state index contributed by atoms with van der Waals surface area (Å²) in [5.74, 6) is 0.0449. The summed E-state index contributed by atoms with van der Waals surface area (Å²) in [6, 6.07) is 7.74. The summed E-state index contributed by atoms with van der Waals surface area (Å²) in [6.07, 6.45) is 1.09. The monoisotopic (exact) mass is 260 g/mol. The Kier molecular flexibility index (Phi) is 2.59. The Balaban J connectivity index is 2.06. The van der Waals surface area contributed by atoms with E-state index in [-0.39, 0.29) is 6.10 Å². The standard InChI is InChI=1S/C14H12O3S/c1-8-6-10-7-9(2-3-12(10)17-8)11-4-5-18-13(11)14(15)16/h2-5,7-8H,6H2,1H3,(H,15,16). The van der Waals surface area contributed by atoms with Gasteiger partial charge >= 0.3 is 5.97 Å². The normalized spacial score (nSPS) is 17.3. The van der Waals surface area contributed by atoms with Crippen molar-refractivity contribution in [2.45, 2.75) is 19.4 Å². The number of ether oxygens (including phenoxy) is 1. The van der Waals surface area contributed by atoms with E-state index in [0.29, 0.717) is 4.88 Å². The molecule has 4 heteroatoms. The lowest BCUT2D eigenvalue weighted by Gasteiger charge is -2.04. The summed E-state index contributed by atoms with van der Waals surface area (Å²) in [5.41, 5.74) is 2.89. The number of hydrogen-bond donors (Lipinski definition) is 1. The minimum atomic E-state index is -0.870. The van der Waals surface area contributed by atoms with Crippen LogP contribution in [0.3, 0.4) is 0 Å². The molecule has 1 aliphatic heterocycles. The molecule has 1 atom stereocenters. The molecule has 0 spiro atoms. The molecule has 0 radical (unpaired) electrons. The van der Waals surface area contributed by atoms with E-state index < -0.39 is 5.97 Å². The first-order chi connectivity index (χ1) is 8.65. The zero-order chi connectivity index (χ0) is 12.7. The molecule has 0 bridgehead atoms. The molecule has 1 aliphatic rings. The quantitative estimate of drug-likeness (QED) is 0.899. The second-order valence-electron chi connectivity index (χ2n) is 4.42. The molecule has 18 heavy (non-hydrogen) atoms. The number of carbonyl (C=O) groups is 1. The Morgan fingerprint density at radius 1 is 1.44 bits per heavy atom. The van der Waals surface area contributed by atoms with Crippen molar-refractivity contribution in [2.24, 2.45) is 0 Å². The van der Waals surface area contributed by atoms with Gasteiger partial charge in [-0.3, -0.25) is 0 Å². The summed E-state index contributed by atoms with van der Waals surface area (Å²) in [4.78, 5) is 11.5. The first-order valence-electron chi connectivity index (χ1n) is 5.76. The van der Waals surface area contributed by atoms with Crippen LogP contribution in [0, 0.1) is 0 Å². The van der Waals surface area contributed by atoms with E-state index in [1.54, 1.807) is 0 Å². The van der Waals surface area contributed by atoms with E-state index in [1.807, 2.05) is 36.6 Å². The number of carboxylic acid groups (broad SMARTS) is 1. The number of benzene rings is 1. The summed E-state index contributed by atoms with van der Waals surface area (Å²) in [5, 5.41) is 10.9. The molecule has 1 unspecified atom stereocenters. The van der Waals surface area contributed by atoms with E-state index in [4.69, 9.17) is 9.84 Å². The topological polar surface area (TPSA) is 46.5 Å². The molecule has 0 amide bonds. The number of aromatic carboxylic acids is 1. The number of thiophene rings is 1. The van der Waals surface area contributed by atoms with Gasteiger partial charge in [0.1, 0.15) is 16.7 Å². The fraction of sp³-hybridized carbons (Fsp3) is 0.214. The average molecular weight is 260 g/mol. The van der Waals surface area contributed by atoms with Crippen molar-refractivity contribution >= 4 is 17.3 Å². The molecule has 1 aromatic heterocycles. The van der Waals surface area contributed by atoms with Crippen LogP contribution >= 0.6 is 11.3 Å². The molecular weight excluding hydrogens is 248 g/mol. The fourth-order valence-corrected chi connectivity index (χ4v) is 3.05. The highest BCUT2D eigenvalue weighted by molar-refractivity contribution is 7.12. The van der Waals surface area contributed by atoms with Crippen LogP contribution in [-0.2, 0) is 6.42 Å². The first kappa shape index (κ1) is 11.3. The number of fused-ring (bicyclic) bond motifs is 1. The fourth-order valence-electron chi connectivity index (χ4n) is 2.29. The van der Waals surface area contributed by atoms with Gasteiger partial charge in [0, 0.05) is 12.0 Å². The van der Waals surface area contributed by atoms with E-state index in [2.05, 4.69) is 0 Å². The van der Waals surface area contributed by atoms with Crippen molar-refractivity contribution < 1.29 is 14.6 Å². The van der Waals surface area contributed by atoms with Gasteiger partial charge in [-0.15, -0.1) is 11.3 Å². The van der Waals surface area contributed by atoms with Crippen molar-refractivity contribution in [3.05, 3.63) is 40.1 Å². The predicted octanol–water partition coefficient (Wildman–Crippen LogP) is 3.44. The number of carboxylic acids is 1. The maximum atomic E-state index is 11.1. The maximum Gasteiger partial charge on any atom is 0.346 e. The summed E-state index contributed by atoms with van der Waals surface area (Å²) >= 11 is 1.26. The molecule has 1 aromatic carbocycles. The van der Waals surface area contributed by atoms with Crippen LogP contribution in [0.1, 0.15) is 22.2 Å².